The molecule has 1 aromatic rings. The molecule has 22 heavy (non-hydrogen) atoms. The molecular formula is C16H23NO5. The van der Waals surface area contributed by atoms with Crippen molar-refractivity contribution in [3.05, 3.63) is 23.3 Å². The minimum absolute atomic E-state index is 0.0932. The van der Waals surface area contributed by atoms with Crippen LogP contribution in [-0.4, -0.2) is 48.7 Å². The molecule has 0 fully saturated rings. The highest BCUT2D eigenvalue weighted by Crippen LogP contribution is 2.30. The van der Waals surface area contributed by atoms with E-state index in [0.717, 1.165) is 5.56 Å². The molecule has 0 spiro atoms. The molecule has 1 N–H and O–H groups in total. The molecule has 0 aromatic heterocycles. The zero-order valence-electron chi connectivity index (χ0n) is 13.7. The van der Waals surface area contributed by atoms with Crippen LogP contribution in [-0.2, 0) is 4.79 Å². The van der Waals surface area contributed by atoms with Crippen LogP contribution < -0.4 is 9.47 Å². The number of carboxylic acids is 1. The molecule has 0 saturated heterocycles. The number of rotatable bonds is 7. The van der Waals surface area contributed by atoms with Crippen LogP contribution in [0.5, 0.6) is 11.5 Å². The molecule has 6 heteroatoms. The van der Waals surface area contributed by atoms with Crippen LogP contribution in [0.25, 0.3) is 0 Å². The van der Waals surface area contributed by atoms with E-state index in [4.69, 9.17) is 14.6 Å². The molecule has 0 atom stereocenters. The number of ether oxygens (including phenoxy) is 2. The van der Waals surface area contributed by atoms with Crippen molar-refractivity contribution in [3.8, 4) is 11.5 Å². The van der Waals surface area contributed by atoms with Crippen molar-refractivity contribution >= 4 is 11.9 Å². The van der Waals surface area contributed by atoms with Crippen molar-refractivity contribution in [2.45, 2.75) is 33.2 Å². The second kappa shape index (κ2) is 7.68. The number of carbonyl (C=O) groups excluding carboxylic acids is 1. The zero-order valence-corrected chi connectivity index (χ0v) is 13.7. The van der Waals surface area contributed by atoms with Gasteiger partial charge in [0.2, 0.25) is 0 Å². The van der Waals surface area contributed by atoms with Crippen LogP contribution in [0.15, 0.2) is 12.1 Å². The molecule has 0 heterocycles. The predicted octanol–water partition coefficient (Wildman–Crippen LogP) is 2.34. The third-order valence-corrected chi connectivity index (χ3v) is 3.45. The number of nitrogens with zero attached hydrogens (tertiary/aromatic N) is 1. The van der Waals surface area contributed by atoms with E-state index in [1.807, 2.05) is 20.8 Å². The molecule has 0 aliphatic heterocycles. The average Bonchev–Trinajstić information content (AvgIpc) is 2.46. The maximum absolute atomic E-state index is 12.7. The fourth-order valence-electron chi connectivity index (χ4n) is 2.19. The van der Waals surface area contributed by atoms with E-state index in [2.05, 4.69) is 0 Å². The smallest absolute Gasteiger partial charge is 0.305 e. The number of carboxylic acid groups (broad SMARTS) is 1. The van der Waals surface area contributed by atoms with Crippen molar-refractivity contribution in [1.82, 2.24) is 4.90 Å². The van der Waals surface area contributed by atoms with Gasteiger partial charge in [0, 0.05) is 23.7 Å². The lowest BCUT2D eigenvalue weighted by Crippen LogP contribution is -2.38. The van der Waals surface area contributed by atoms with E-state index < -0.39 is 5.97 Å². The van der Waals surface area contributed by atoms with Crippen LogP contribution in [0.2, 0.25) is 0 Å². The van der Waals surface area contributed by atoms with Gasteiger partial charge >= 0.3 is 5.97 Å². The zero-order chi connectivity index (χ0) is 16.9. The standard InChI is InChI=1S/C16H23NO5/c1-10(2)17(7-6-15(18)19)16(20)12-8-13(21-4)11(3)14(9-12)22-5/h8-10H,6-7H2,1-5H3,(H,18,19). The Morgan fingerprint density at radius 2 is 1.68 bits per heavy atom. The van der Waals surface area contributed by atoms with Crippen molar-refractivity contribution in [2.75, 3.05) is 20.8 Å². The van der Waals surface area contributed by atoms with Gasteiger partial charge < -0.3 is 19.5 Å². The summed E-state index contributed by atoms with van der Waals surface area (Å²) < 4.78 is 10.5. The lowest BCUT2D eigenvalue weighted by Gasteiger charge is -2.26. The number of benzene rings is 1. The summed E-state index contributed by atoms with van der Waals surface area (Å²) in [6.45, 7) is 5.70. The highest BCUT2D eigenvalue weighted by atomic mass is 16.5. The molecule has 1 aromatic carbocycles. The number of methoxy groups -OCH3 is 2. The molecule has 0 aliphatic rings. The maximum Gasteiger partial charge on any atom is 0.305 e. The number of hydrogen-bond donors (Lipinski definition) is 1. The van der Waals surface area contributed by atoms with Crippen LogP contribution >= 0.6 is 0 Å². The van der Waals surface area contributed by atoms with E-state index in [1.165, 1.54) is 19.1 Å². The quantitative estimate of drug-likeness (QED) is 0.836. The van der Waals surface area contributed by atoms with Gasteiger partial charge in [0.25, 0.3) is 5.91 Å². The van der Waals surface area contributed by atoms with Gasteiger partial charge in [0.05, 0.1) is 20.6 Å². The van der Waals surface area contributed by atoms with Gasteiger partial charge in [-0.1, -0.05) is 0 Å². The summed E-state index contributed by atoms with van der Waals surface area (Å²) >= 11 is 0. The Morgan fingerprint density at radius 3 is 2.05 bits per heavy atom. The molecule has 0 bridgehead atoms. The molecular weight excluding hydrogens is 286 g/mol. The highest BCUT2D eigenvalue weighted by Gasteiger charge is 2.22. The fourth-order valence-corrected chi connectivity index (χ4v) is 2.19. The first-order chi connectivity index (χ1) is 10.3. The summed E-state index contributed by atoms with van der Waals surface area (Å²) in [5.74, 6) is -0.0559. The van der Waals surface area contributed by atoms with Crippen LogP contribution in [0.4, 0.5) is 0 Å². The average molecular weight is 309 g/mol. The van der Waals surface area contributed by atoms with Crippen molar-refractivity contribution in [3.63, 3.8) is 0 Å². The van der Waals surface area contributed by atoms with Gasteiger partial charge in [0.15, 0.2) is 0 Å². The highest BCUT2D eigenvalue weighted by molar-refractivity contribution is 5.95. The first-order valence-electron chi connectivity index (χ1n) is 7.07. The van der Waals surface area contributed by atoms with Gasteiger partial charge in [-0.2, -0.15) is 0 Å². The molecule has 0 radical (unpaired) electrons. The van der Waals surface area contributed by atoms with E-state index in [9.17, 15) is 9.59 Å². The van der Waals surface area contributed by atoms with E-state index in [1.54, 1.807) is 12.1 Å². The molecule has 0 saturated carbocycles. The summed E-state index contributed by atoms with van der Waals surface area (Å²) in [6, 6.07) is 3.19. The van der Waals surface area contributed by atoms with Crippen molar-refractivity contribution < 1.29 is 24.2 Å². The second-order valence-electron chi connectivity index (χ2n) is 5.24. The normalized spacial score (nSPS) is 10.5. The first kappa shape index (κ1) is 17.8. The third-order valence-electron chi connectivity index (χ3n) is 3.45. The van der Waals surface area contributed by atoms with Crippen LogP contribution in [0.1, 0.15) is 36.2 Å². The lowest BCUT2D eigenvalue weighted by molar-refractivity contribution is -0.137. The minimum Gasteiger partial charge on any atom is -0.496 e. The maximum atomic E-state index is 12.7. The fraction of sp³-hybridized carbons (Fsp3) is 0.500. The Bertz CT molecular complexity index is 528. The van der Waals surface area contributed by atoms with E-state index in [-0.39, 0.29) is 24.9 Å². The molecule has 1 amide bonds. The molecule has 122 valence electrons. The van der Waals surface area contributed by atoms with Gasteiger partial charge in [-0.15, -0.1) is 0 Å². The Hall–Kier alpha value is -2.24. The lowest BCUT2D eigenvalue weighted by atomic mass is 10.1. The third kappa shape index (κ3) is 4.13. The summed E-state index contributed by atoms with van der Waals surface area (Å²) in [7, 11) is 3.06. The minimum atomic E-state index is -0.933. The molecule has 1 rings (SSSR count). The number of aliphatic carboxylic acids is 1. The Labute approximate surface area is 130 Å². The topological polar surface area (TPSA) is 76.1 Å². The van der Waals surface area contributed by atoms with Crippen molar-refractivity contribution in [1.29, 1.82) is 0 Å². The number of amides is 1. The predicted molar refractivity (Wildman–Crippen MR) is 82.7 cm³/mol. The first-order valence-corrected chi connectivity index (χ1v) is 7.07. The largest absolute Gasteiger partial charge is 0.496 e. The van der Waals surface area contributed by atoms with Gasteiger partial charge in [-0.05, 0) is 32.9 Å². The summed E-state index contributed by atoms with van der Waals surface area (Å²) in [6.07, 6.45) is -0.0932. The summed E-state index contributed by atoms with van der Waals surface area (Å²) in [4.78, 5) is 24.9. The molecule has 0 aliphatic carbocycles. The van der Waals surface area contributed by atoms with Crippen molar-refractivity contribution in [2.24, 2.45) is 0 Å². The molecule has 0 unspecified atom stereocenters. The molecule has 6 nitrogen and oxygen atoms in total. The summed E-state index contributed by atoms with van der Waals surface area (Å²) in [5.41, 5.74) is 1.22. The van der Waals surface area contributed by atoms with Crippen LogP contribution in [0.3, 0.4) is 0 Å². The van der Waals surface area contributed by atoms with Gasteiger partial charge in [-0.3, -0.25) is 9.59 Å². The van der Waals surface area contributed by atoms with Gasteiger partial charge in [0.1, 0.15) is 11.5 Å². The van der Waals surface area contributed by atoms with Crippen LogP contribution in [0, 0.1) is 6.92 Å². The summed E-state index contributed by atoms with van der Waals surface area (Å²) in [5, 5.41) is 8.82. The number of carbonyl (C=O) groups is 2. The van der Waals surface area contributed by atoms with E-state index >= 15 is 0 Å². The van der Waals surface area contributed by atoms with Gasteiger partial charge in [-0.25, -0.2) is 0 Å². The Balaban J connectivity index is 3.15. The number of hydrogen-bond acceptors (Lipinski definition) is 4. The van der Waals surface area contributed by atoms with E-state index in [0.29, 0.717) is 17.1 Å². The SMILES string of the molecule is COc1cc(C(=O)N(CCC(=O)O)C(C)C)cc(OC)c1C. The Morgan fingerprint density at radius 1 is 1.18 bits per heavy atom. The second-order valence-corrected chi connectivity index (χ2v) is 5.24. The Kier molecular flexibility index (Phi) is 6.22. The monoisotopic (exact) mass is 309 g/mol.